The van der Waals surface area contributed by atoms with Gasteiger partial charge in [-0.1, -0.05) is 18.8 Å². The molecule has 0 amide bonds. The van der Waals surface area contributed by atoms with Gasteiger partial charge in [-0.25, -0.2) is 19.1 Å². The zero-order valence-corrected chi connectivity index (χ0v) is 20.3. The Hall–Kier alpha value is -3.19. The van der Waals surface area contributed by atoms with Crippen LogP contribution in [0.4, 0.5) is 15.9 Å². The molecule has 7 nitrogen and oxygen atoms in total. The highest BCUT2D eigenvalue weighted by Gasteiger charge is 2.20. The molecule has 1 fully saturated rings. The van der Waals surface area contributed by atoms with E-state index in [-0.39, 0.29) is 5.82 Å². The van der Waals surface area contributed by atoms with Gasteiger partial charge >= 0.3 is 0 Å². The van der Waals surface area contributed by atoms with Crippen LogP contribution in [-0.4, -0.2) is 57.6 Å². The average molecular weight is 479 g/mol. The summed E-state index contributed by atoms with van der Waals surface area (Å²) in [4.78, 5) is 18.4. The van der Waals surface area contributed by atoms with Gasteiger partial charge in [-0.2, -0.15) is 0 Å². The Morgan fingerprint density at radius 3 is 2.53 bits per heavy atom. The van der Waals surface area contributed by atoms with Crippen molar-refractivity contribution in [2.75, 3.05) is 42.8 Å². The van der Waals surface area contributed by atoms with Crippen molar-refractivity contribution in [3.8, 4) is 11.8 Å². The van der Waals surface area contributed by atoms with Crippen LogP contribution >= 0.6 is 0 Å². The maximum atomic E-state index is 13.2. The fourth-order valence-electron chi connectivity index (χ4n) is 3.62. The predicted molar refractivity (Wildman–Crippen MR) is 133 cm³/mol. The van der Waals surface area contributed by atoms with Crippen molar-refractivity contribution in [2.24, 2.45) is 0 Å². The van der Waals surface area contributed by atoms with Crippen molar-refractivity contribution in [1.82, 2.24) is 19.9 Å². The van der Waals surface area contributed by atoms with E-state index in [1.165, 1.54) is 24.3 Å². The lowest BCUT2D eigenvalue weighted by Gasteiger charge is -2.33. The molecule has 0 saturated carbocycles. The zero-order valence-electron chi connectivity index (χ0n) is 19.5. The summed E-state index contributed by atoms with van der Waals surface area (Å²) in [5.41, 5.74) is 3.72. The number of halogens is 1. The molecule has 1 aliphatic rings. The lowest BCUT2D eigenvalue weighted by atomic mass is 10.1. The van der Waals surface area contributed by atoms with Crippen LogP contribution in [0, 0.1) is 24.6 Å². The Kier molecular flexibility index (Phi) is 7.63. The standard InChI is InChI=1S/C25H27FN6OS/c1-4-23-22(25(29-17-28-23)32-13-11-31(3)12-14-32)10-5-19-15-24(18(2)27-16-19)30-34(33)21-8-6-20(26)7-9-21/h6-9,15-17,30H,4,11-14H2,1-3H3. The zero-order chi connectivity index (χ0) is 24.1. The molecule has 2 aromatic heterocycles. The van der Waals surface area contributed by atoms with Gasteiger partial charge in [-0.05, 0) is 50.7 Å². The van der Waals surface area contributed by atoms with E-state index in [1.807, 2.05) is 13.0 Å². The number of aryl methyl sites for hydroxylation is 2. The fraction of sp³-hybridized carbons (Fsp3) is 0.320. The van der Waals surface area contributed by atoms with Gasteiger partial charge in [0.05, 0.1) is 17.0 Å². The number of pyridine rings is 1. The molecule has 1 atom stereocenters. The Balaban J connectivity index is 1.60. The number of hydrogen-bond donors (Lipinski definition) is 1. The number of nitrogens with zero attached hydrogens (tertiary/aromatic N) is 5. The summed E-state index contributed by atoms with van der Waals surface area (Å²) in [5.74, 6) is 6.97. The van der Waals surface area contributed by atoms with E-state index in [0.29, 0.717) is 21.8 Å². The lowest BCUT2D eigenvalue weighted by Crippen LogP contribution is -2.45. The molecule has 1 N–H and O–H groups in total. The molecule has 0 bridgehead atoms. The predicted octanol–water partition coefficient (Wildman–Crippen LogP) is 3.17. The molecule has 1 aliphatic heterocycles. The van der Waals surface area contributed by atoms with Crippen molar-refractivity contribution in [2.45, 2.75) is 25.2 Å². The van der Waals surface area contributed by atoms with Crippen LogP contribution in [0.5, 0.6) is 0 Å². The van der Waals surface area contributed by atoms with Gasteiger partial charge in [0.15, 0.2) is 4.90 Å². The average Bonchev–Trinajstić information content (AvgIpc) is 2.85. The molecule has 1 aromatic carbocycles. The third kappa shape index (κ3) is 5.65. The van der Waals surface area contributed by atoms with Gasteiger partial charge < -0.3 is 14.4 Å². The van der Waals surface area contributed by atoms with E-state index >= 15 is 0 Å². The van der Waals surface area contributed by atoms with Crippen LogP contribution in [0.3, 0.4) is 0 Å². The number of aromatic nitrogens is 3. The Morgan fingerprint density at radius 1 is 1.09 bits per heavy atom. The Bertz CT molecular complexity index is 1200. The van der Waals surface area contributed by atoms with Gasteiger partial charge in [-0.3, -0.25) is 4.98 Å². The van der Waals surface area contributed by atoms with E-state index < -0.39 is 11.4 Å². The first-order chi connectivity index (χ1) is 16.4. The first-order valence-corrected chi connectivity index (χ1v) is 12.3. The van der Waals surface area contributed by atoms with E-state index in [1.54, 1.807) is 12.5 Å². The molecule has 9 heteroatoms. The van der Waals surface area contributed by atoms with Gasteiger partial charge in [0.25, 0.3) is 0 Å². The molecule has 176 valence electrons. The third-order valence-corrected chi connectivity index (χ3v) is 6.80. The minimum atomic E-state index is -1.55. The molecular formula is C25H27FN6OS. The largest absolute Gasteiger partial charge is 0.588 e. The normalized spacial score (nSPS) is 14.9. The monoisotopic (exact) mass is 478 g/mol. The van der Waals surface area contributed by atoms with Crippen LogP contribution in [-0.2, 0) is 17.8 Å². The number of benzene rings is 1. The maximum absolute atomic E-state index is 13.2. The molecule has 1 unspecified atom stereocenters. The third-order valence-electron chi connectivity index (χ3n) is 5.69. The number of piperazine rings is 1. The number of anilines is 2. The smallest absolute Gasteiger partial charge is 0.180 e. The molecule has 1 saturated heterocycles. The molecule has 34 heavy (non-hydrogen) atoms. The molecule has 3 heterocycles. The Morgan fingerprint density at radius 2 is 1.82 bits per heavy atom. The highest BCUT2D eigenvalue weighted by atomic mass is 32.2. The molecular weight excluding hydrogens is 451 g/mol. The maximum Gasteiger partial charge on any atom is 0.180 e. The summed E-state index contributed by atoms with van der Waals surface area (Å²) in [6.07, 6.45) is 4.06. The van der Waals surface area contributed by atoms with Crippen LogP contribution in [0.2, 0.25) is 0 Å². The van der Waals surface area contributed by atoms with E-state index in [9.17, 15) is 8.94 Å². The van der Waals surface area contributed by atoms with Crippen LogP contribution in [0.15, 0.2) is 47.8 Å². The summed E-state index contributed by atoms with van der Waals surface area (Å²) in [6.45, 7) is 7.61. The number of likely N-dealkylation sites (N-methyl/N-ethyl adjacent to an activating group) is 1. The van der Waals surface area contributed by atoms with Crippen molar-refractivity contribution < 1.29 is 8.94 Å². The number of rotatable bonds is 5. The van der Waals surface area contributed by atoms with Crippen molar-refractivity contribution >= 4 is 22.9 Å². The van der Waals surface area contributed by atoms with Gasteiger partial charge in [0.2, 0.25) is 0 Å². The van der Waals surface area contributed by atoms with Crippen molar-refractivity contribution in [1.29, 1.82) is 0 Å². The minimum absolute atomic E-state index is 0.372. The summed E-state index contributed by atoms with van der Waals surface area (Å²) in [7, 11) is 2.12. The van der Waals surface area contributed by atoms with Crippen LogP contribution < -0.4 is 9.62 Å². The summed E-state index contributed by atoms with van der Waals surface area (Å²) in [5, 5.41) is 0. The van der Waals surface area contributed by atoms with Crippen molar-refractivity contribution in [3.05, 3.63) is 71.2 Å². The molecule has 0 aliphatic carbocycles. The number of hydrogen-bond acceptors (Lipinski definition) is 7. The van der Waals surface area contributed by atoms with E-state index in [0.717, 1.165) is 49.7 Å². The summed E-state index contributed by atoms with van der Waals surface area (Å²) >= 11 is -1.55. The Labute approximate surface area is 202 Å². The van der Waals surface area contributed by atoms with E-state index in [2.05, 4.69) is 55.3 Å². The fourth-order valence-corrected chi connectivity index (χ4v) is 4.53. The topological polar surface area (TPSA) is 80.2 Å². The lowest BCUT2D eigenvalue weighted by molar-refractivity contribution is 0.312. The summed E-state index contributed by atoms with van der Waals surface area (Å²) in [6, 6.07) is 7.38. The SMILES string of the molecule is CCc1ncnc(N2CCN(C)CC2)c1C#Cc1cnc(C)c(N[S+]([O-])c2ccc(F)cc2)c1. The van der Waals surface area contributed by atoms with E-state index in [4.69, 9.17) is 0 Å². The van der Waals surface area contributed by atoms with Crippen LogP contribution in [0.1, 0.15) is 29.4 Å². The van der Waals surface area contributed by atoms with Crippen LogP contribution in [0.25, 0.3) is 0 Å². The first-order valence-electron chi connectivity index (χ1n) is 11.1. The molecule has 0 radical (unpaired) electrons. The summed E-state index contributed by atoms with van der Waals surface area (Å²) < 4.78 is 28.8. The second kappa shape index (κ2) is 10.8. The van der Waals surface area contributed by atoms with Crippen molar-refractivity contribution in [3.63, 3.8) is 0 Å². The highest BCUT2D eigenvalue weighted by Crippen LogP contribution is 2.22. The minimum Gasteiger partial charge on any atom is -0.588 e. The second-order valence-corrected chi connectivity index (χ2v) is 9.31. The first kappa shape index (κ1) is 24.0. The quantitative estimate of drug-likeness (QED) is 0.446. The van der Waals surface area contributed by atoms with Gasteiger partial charge in [0, 0.05) is 37.9 Å². The second-order valence-electron chi connectivity index (χ2n) is 8.09. The molecule has 0 spiro atoms. The number of nitrogens with one attached hydrogen (secondary N) is 1. The van der Waals surface area contributed by atoms with Gasteiger partial charge in [0.1, 0.15) is 35.0 Å². The highest BCUT2D eigenvalue weighted by molar-refractivity contribution is 7.92. The molecule has 3 aromatic rings. The van der Waals surface area contributed by atoms with Gasteiger partial charge in [-0.15, -0.1) is 0 Å². The molecule has 4 rings (SSSR count).